The molecule has 0 atom stereocenters. The van der Waals surface area contributed by atoms with E-state index in [1.54, 1.807) is 0 Å². The summed E-state index contributed by atoms with van der Waals surface area (Å²) in [5.74, 6) is 0.918. The first-order chi connectivity index (χ1) is 9.92. The number of rotatable bonds is 5. The molecule has 1 aliphatic carbocycles. The molecule has 0 spiro atoms. The first kappa shape index (κ1) is 16.5. The first-order valence-electron chi connectivity index (χ1n) is 8.72. The fraction of sp³-hybridized carbons (Fsp3) is 0.700. The Hall–Kier alpha value is -0.820. The molecule has 0 aromatic heterocycles. The number of nitrogens with one attached hydrogen (secondary N) is 1. The Balaban J connectivity index is 1.81. The van der Waals surface area contributed by atoms with Gasteiger partial charge in [0.15, 0.2) is 0 Å². The smallest absolute Gasteiger partial charge is 0.0210 e. The van der Waals surface area contributed by atoms with Gasteiger partial charge in [0.2, 0.25) is 0 Å². The highest BCUT2D eigenvalue weighted by atomic mass is 14.9. The van der Waals surface area contributed by atoms with Gasteiger partial charge < -0.3 is 5.32 Å². The summed E-state index contributed by atoms with van der Waals surface area (Å²) in [7, 11) is 0. The molecule has 1 heteroatoms. The number of hydrogen-bond acceptors (Lipinski definition) is 1. The topological polar surface area (TPSA) is 12.0 Å². The number of benzene rings is 1. The molecule has 1 aromatic rings. The van der Waals surface area contributed by atoms with Crippen LogP contribution in [0.3, 0.4) is 0 Å². The van der Waals surface area contributed by atoms with Crippen LogP contribution in [-0.2, 0) is 6.54 Å². The average molecular weight is 287 g/mol. The molecule has 1 nitrogen and oxygen atoms in total. The van der Waals surface area contributed by atoms with Crippen molar-refractivity contribution in [1.29, 1.82) is 0 Å². The van der Waals surface area contributed by atoms with Gasteiger partial charge in [0.05, 0.1) is 0 Å². The molecule has 118 valence electrons. The van der Waals surface area contributed by atoms with E-state index in [-0.39, 0.29) is 0 Å². The molecule has 0 heterocycles. The van der Waals surface area contributed by atoms with Gasteiger partial charge in [-0.2, -0.15) is 0 Å². The lowest BCUT2D eigenvalue weighted by Gasteiger charge is -2.39. The largest absolute Gasteiger partial charge is 0.310 e. The third-order valence-corrected chi connectivity index (χ3v) is 5.82. The summed E-state index contributed by atoms with van der Waals surface area (Å²) in [5.41, 5.74) is 4.76. The van der Waals surface area contributed by atoms with Crippen molar-refractivity contribution in [2.75, 3.05) is 0 Å². The minimum absolute atomic E-state index is 0.526. The molecular formula is C20H33N. The maximum Gasteiger partial charge on any atom is 0.0210 e. The minimum Gasteiger partial charge on any atom is -0.310 e. The molecule has 2 rings (SSSR count). The molecule has 0 unspecified atom stereocenters. The Labute approximate surface area is 131 Å². The van der Waals surface area contributed by atoms with Crippen LogP contribution in [0.4, 0.5) is 0 Å². The van der Waals surface area contributed by atoms with E-state index in [0.29, 0.717) is 5.41 Å². The second-order valence-corrected chi connectivity index (χ2v) is 7.70. The Morgan fingerprint density at radius 2 is 1.76 bits per heavy atom. The molecular weight excluding hydrogens is 254 g/mol. The molecule has 0 radical (unpaired) electrons. The van der Waals surface area contributed by atoms with Gasteiger partial charge in [-0.25, -0.2) is 0 Å². The lowest BCUT2D eigenvalue weighted by atomic mass is 9.69. The monoisotopic (exact) mass is 287 g/mol. The highest BCUT2D eigenvalue weighted by Gasteiger charge is 2.31. The van der Waals surface area contributed by atoms with E-state index in [0.717, 1.165) is 18.5 Å². The van der Waals surface area contributed by atoms with Crippen molar-refractivity contribution >= 4 is 0 Å². The van der Waals surface area contributed by atoms with Gasteiger partial charge >= 0.3 is 0 Å². The zero-order valence-electron chi connectivity index (χ0n) is 14.6. The maximum absolute atomic E-state index is 3.79. The zero-order chi connectivity index (χ0) is 15.5. The Kier molecular flexibility index (Phi) is 5.48. The molecule has 0 aliphatic heterocycles. The lowest BCUT2D eigenvalue weighted by Crippen LogP contribution is -2.36. The molecule has 0 bridgehead atoms. The highest BCUT2D eigenvalue weighted by Crippen LogP contribution is 2.40. The van der Waals surface area contributed by atoms with E-state index >= 15 is 0 Å². The summed E-state index contributed by atoms with van der Waals surface area (Å²) in [5, 5.41) is 3.79. The standard InChI is InChI=1S/C20H33N/c1-6-20(4,5)18-9-11-19(12-10-18)21-14-17-8-7-15(2)13-16(17)3/h7-8,13,18-19,21H,6,9-12,14H2,1-5H3. The summed E-state index contributed by atoms with van der Waals surface area (Å²) < 4.78 is 0. The summed E-state index contributed by atoms with van der Waals surface area (Å²) in [6.45, 7) is 12.6. The van der Waals surface area contributed by atoms with Crippen molar-refractivity contribution in [2.24, 2.45) is 11.3 Å². The van der Waals surface area contributed by atoms with Crippen LogP contribution in [0.2, 0.25) is 0 Å². The van der Waals surface area contributed by atoms with Gasteiger partial charge in [-0.15, -0.1) is 0 Å². The van der Waals surface area contributed by atoms with Crippen molar-refractivity contribution in [3.05, 3.63) is 34.9 Å². The molecule has 1 saturated carbocycles. The second-order valence-electron chi connectivity index (χ2n) is 7.70. The Bertz CT molecular complexity index is 453. The van der Waals surface area contributed by atoms with Gasteiger partial charge in [0.25, 0.3) is 0 Å². The Morgan fingerprint density at radius 1 is 1.10 bits per heavy atom. The zero-order valence-corrected chi connectivity index (χ0v) is 14.6. The molecule has 1 N–H and O–H groups in total. The van der Waals surface area contributed by atoms with Crippen molar-refractivity contribution in [1.82, 2.24) is 5.32 Å². The second kappa shape index (κ2) is 6.96. The molecule has 1 aliphatic rings. The van der Waals surface area contributed by atoms with Crippen LogP contribution in [0, 0.1) is 25.2 Å². The highest BCUT2D eigenvalue weighted by molar-refractivity contribution is 5.30. The normalized spacial score (nSPS) is 23.3. The fourth-order valence-corrected chi connectivity index (χ4v) is 3.67. The predicted octanol–water partition coefficient (Wildman–Crippen LogP) is 5.39. The SMILES string of the molecule is CCC(C)(C)C1CCC(NCc2ccc(C)cc2C)CC1. The van der Waals surface area contributed by atoms with Crippen molar-refractivity contribution < 1.29 is 0 Å². The summed E-state index contributed by atoms with van der Waals surface area (Å²) in [6, 6.07) is 7.51. The van der Waals surface area contributed by atoms with E-state index in [2.05, 4.69) is 58.1 Å². The minimum atomic E-state index is 0.526. The fourth-order valence-electron chi connectivity index (χ4n) is 3.67. The summed E-state index contributed by atoms with van der Waals surface area (Å²) >= 11 is 0. The van der Waals surface area contributed by atoms with E-state index in [1.165, 1.54) is 48.8 Å². The Morgan fingerprint density at radius 3 is 2.33 bits per heavy atom. The molecule has 1 fully saturated rings. The van der Waals surface area contributed by atoms with Crippen LogP contribution in [0.15, 0.2) is 18.2 Å². The van der Waals surface area contributed by atoms with E-state index in [9.17, 15) is 0 Å². The maximum atomic E-state index is 3.79. The number of aryl methyl sites for hydroxylation is 2. The predicted molar refractivity (Wildman–Crippen MR) is 92.6 cm³/mol. The van der Waals surface area contributed by atoms with Crippen LogP contribution < -0.4 is 5.32 Å². The van der Waals surface area contributed by atoms with Crippen LogP contribution in [-0.4, -0.2) is 6.04 Å². The molecule has 0 saturated heterocycles. The third kappa shape index (κ3) is 4.32. The van der Waals surface area contributed by atoms with Crippen molar-refractivity contribution in [3.8, 4) is 0 Å². The van der Waals surface area contributed by atoms with Crippen LogP contribution in [0.25, 0.3) is 0 Å². The van der Waals surface area contributed by atoms with Crippen LogP contribution in [0.1, 0.15) is 69.6 Å². The van der Waals surface area contributed by atoms with Gasteiger partial charge in [-0.3, -0.25) is 0 Å². The van der Waals surface area contributed by atoms with Crippen LogP contribution in [0.5, 0.6) is 0 Å². The average Bonchev–Trinajstić information content (AvgIpc) is 2.47. The first-order valence-corrected chi connectivity index (χ1v) is 8.72. The van der Waals surface area contributed by atoms with Gasteiger partial charge in [-0.1, -0.05) is 51.0 Å². The molecule has 0 amide bonds. The van der Waals surface area contributed by atoms with E-state index in [4.69, 9.17) is 0 Å². The lowest BCUT2D eigenvalue weighted by molar-refractivity contribution is 0.137. The molecule has 1 aromatic carbocycles. The summed E-state index contributed by atoms with van der Waals surface area (Å²) in [4.78, 5) is 0. The van der Waals surface area contributed by atoms with Gasteiger partial charge in [-0.05, 0) is 62.0 Å². The quantitative estimate of drug-likeness (QED) is 0.765. The number of hydrogen-bond donors (Lipinski definition) is 1. The van der Waals surface area contributed by atoms with Crippen molar-refractivity contribution in [2.45, 2.75) is 79.3 Å². The molecule has 21 heavy (non-hydrogen) atoms. The van der Waals surface area contributed by atoms with Crippen LogP contribution >= 0.6 is 0 Å². The van der Waals surface area contributed by atoms with Gasteiger partial charge in [0, 0.05) is 12.6 Å². The van der Waals surface area contributed by atoms with E-state index < -0.39 is 0 Å². The van der Waals surface area contributed by atoms with Crippen molar-refractivity contribution in [3.63, 3.8) is 0 Å². The third-order valence-electron chi connectivity index (χ3n) is 5.82. The summed E-state index contributed by atoms with van der Waals surface area (Å²) in [6.07, 6.45) is 6.78. The van der Waals surface area contributed by atoms with Gasteiger partial charge in [0.1, 0.15) is 0 Å². The van der Waals surface area contributed by atoms with E-state index in [1.807, 2.05) is 0 Å².